The van der Waals surface area contributed by atoms with E-state index in [0.29, 0.717) is 37.6 Å². The van der Waals surface area contributed by atoms with Gasteiger partial charge in [0.25, 0.3) is 0 Å². The number of carbonyl (C=O) groups is 2. The van der Waals surface area contributed by atoms with Gasteiger partial charge in [-0.2, -0.15) is 5.26 Å². The zero-order valence-electron chi connectivity index (χ0n) is 16.7. The third-order valence-corrected chi connectivity index (χ3v) is 5.96. The van der Waals surface area contributed by atoms with Crippen LogP contribution in [0.2, 0.25) is 0 Å². The topological polar surface area (TPSA) is 108 Å². The summed E-state index contributed by atoms with van der Waals surface area (Å²) in [6.45, 7) is 1.24. The molecule has 2 amide bonds. The molecule has 1 radical (unpaired) electrons. The minimum atomic E-state index is -0.850. The van der Waals surface area contributed by atoms with Crippen molar-refractivity contribution < 1.29 is 14.3 Å². The summed E-state index contributed by atoms with van der Waals surface area (Å²) in [6.07, 6.45) is 8.94. The molecular formula is C22H29N4O3. The second kappa shape index (κ2) is 9.64. The summed E-state index contributed by atoms with van der Waals surface area (Å²) in [7, 11) is 0. The highest BCUT2D eigenvalue weighted by Gasteiger charge is 2.36. The van der Waals surface area contributed by atoms with E-state index >= 15 is 0 Å². The van der Waals surface area contributed by atoms with Crippen LogP contribution in [0.4, 0.5) is 10.5 Å². The highest BCUT2D eigenvalue weighted by atomic mass is 16.5. The van der Waals surface area contributed by atoms with Crippen molar-refractivity contribution in [1.29, 1.82) is 5.26 Å². The van der Waals surface area contributed by atoms with Gasteiger partial charge in [0.05, 0.1) is 6.07 Å². The van der Waals surface area contributed by atoms with E-state index in [1.165, 1.54) is 32.1 Å². The number of nitrogens with two attached hydrogens (primary N) is 1. The SMILES string of the molecule is N#CC1(NC(=O)[CH]CC2CCCCC2)CCN(c2cccc(OC(N)=O)c2)CC1. The summed E-state index contributed by atoms with van der Waals surface area (Å²) in [4.78, 5) is 25.5. The molecule has 1 aromatic rings. The van der Waals surface area contributed by atoms with Gasteiger partial charge in [-0.15, -0.1) is 0 Å². The monoisotopic (exact) mass is 397 g/mol. The maximum atomic E-state index is 12.4. The lowest BCUT2D eigenvalue weighted by Crippen LogP contribution is -2.54. The van der Waals surface area contributed by atoms with Gasteiger partial charge in [-0.05, 0) is 24.5 Å². The Morgan fingerprint density at radius 1 is 1.28 bits per heavy atom. The molecule has 1 saturated carbocycles. The third-order valence-electron chi connectivity index (χ3n) is 5.96. The molecule has 1 saturated heterocycles. The fourth-order valence-electron chi connectivity index (χ4n) is 4.25. The van der Waals surface area contributed by atoms with Gasteiger partial charge >= 0.3 is 6.09 Å². The number of nitriles is 1. The largest absolute Gasteiger partial charge is 0.410 e. The molecule has 0 aromatic heterocycles. The van der Waals surface area contributed by atoms with Gasteiger partial charge in [0, 0.05) is 44.1 Å². The molecule has 155 valence electrons. The van der Waals surface area contributed by atoms with Crippen LogP contribution in [0.15, 0.2) is 24.3 Å². The Morgan fingerprint density at radius 2 is 2.00 bits per heavy atom. The summed E-state index contributed by atoms with van der Waals surface area (Å²) >= 11 is 0. The molecule has 1 aliphatic carbocycles. The van der Waals surface area contributed by atoms with Gasteiger partial charge in [-0.3, -0.25) is 4.79 Å². The predicted octanol–water partition coefficient (Wildman–Crippen LogP) is 3.30. The maximum Gasteiger partial charge on any atom is 0.409 e. The molecule has 7 heteroatoms. The standard InChI is InChI=1S/C22H29N4O3/c23-16-22(25-20(27)10-9-17-5-2-1-3-6-17)11-13-26(14-12-22)18-7-4-8-19(15-18)29-21(24)28/h4,7-8,10,15,17H,1-3,5-6,9,11-14H2,(H2,24,28)(H,25,27). The lowest BCUT2D eigenvalue weighted by molar-refractivity contribution is -0.119. The average molecular weight is 397 g/mol. The van der Waals surface area contributed by atoms with Gasteiger partial charge < -0.3 is 20.7 Å². The number of piperidine rings is 1. The third kappa shape index (κ3) is 5.86. The van der Waals surface area contributed by atoms with Gasteiger partial charge in [0.2, 0.25) is 5.91 Å². The number of nitrogens with one attached hydrogen (secondary N) is 1. The second-order valence-corrected chi connectivity index (χ2v) is 8.03. The van der Waals surface area contributed by atoms with Crippen molar-refractivity contribution in [3.63, 3.8) is 0 Å². The number of carbonyl (C=O) groups excluding carboxylic acids is 2. The number of anilines is 1. The van der Waals surface area contributed by atoms with E-state index in [0.717, 1.165) is 12.1 Å². The van der Waals surface area contributed by atoms with Crippen molar-refractivity contribution in [2.24, 2.45) is 11.7 Å². The molecule has 2 aliphatic rings. The Morgan fingerprint density at radius 3 is 2.66 bits per heavy atom. The van der Waals surface area contributed by atoms with Crippen LogP contribution >= 0.6 is 0 Å². The van der Waals surface area contributed by atoms with Crippen LogP contribution in [-0.4, -0.2) is 30.6 Å². The van der Waals surface area contributed by atoms with Crippen LogP contribution in [-0.2, 0) is 4.79 Å². The Kier molecular flexibility index (Phi) is 6.97. The van der Waals surface area contributed by atoms with Crippen molar-refractivity contribution >= 4 is 17.7 Å². The first-order valence-corrected chi connectivity index (χ1v) is 10.4. The number of amides is 2. The summed E-state index contributed by atoms with van der Waals surface area (Å²) in [5, 5.41) is 12.7. The molecule has 3 rings (SSSR count). The van der Waals surface area contributed by atoms with Crippen molar-refractivity contribution in [3.8, 4) is 11.8 Å². The summed E-state index contributed by atoms with van der Waals surface area (Å²) in [6, 6.07) is 9.46. The van der Waals surface area contributed by atoms with E-state index < -0.39 is 11.6 Å². The Balaban J connectivity index is 1.52. The smallest absolute Gasteiger partial charge is 0.409 e. The zero-order valence-corrected chi connectivity index (χ0v) is 16.7. The lowest BCUT2D eigenvalue weighted by atomic mass is 9.85. The molecule has 1 heterocycles. The Bertz CT molecular complexity index is 760. The molecule has 7 nitrogen and oxygen atoms in total. The van der Waals surface area contributed by atoms with E-state index in [1.54, 1.807) is 24.6 Å². The summed E-state index contributed by atoms with van der Waals surface area (Å²) in [5.41, 5.74) is 5.13. The highest BCUT2D eigenvalue weighted by molar-refractivity contribution is 5.85. The maximum absolute atomic E-state index is 12.4. The van der Waals surface area contributed by atoms with Crippen molar-refractivity contribution in [1.82, 2.24) is 5.32 Å². The van der Waals surface area contributed by atoms with Crippen molar-refractivity contribution in [2.45, 2.75) is 56.9 Å². The summed E-state index contributed by atoms with van der Waals surface area (Å²) in [5.74, 6) is 0.851. The number of hydrogen-bond donors (Lipinski definition) is 2. The second-order valence-electron chi connectivity index (χ2n) is 8.03. The molecule has 0 atom stereocenters. The van der Waals surface area contributed by atoms with Crippen LogP contribution < -0.4 is 20.7 Å². The normalized spacial score (nSPS) is 19.2. The lowest BCUT2D eigenvalue weighted by Gasteiger charge is -2.39. The van der Waals surface area contributed by atoms with Crippen LogP contribution in [0, 0.1) is 23.7 Å². The fourth-order valence-corrected chi connectivity index (χ4v) is 4.25. The van der Waals surface area contributed by atoms with Crippen molar-refractivity contribution in [3.05, 3.63) is 30.7 Å². The first-order valence-electron chi connectivity index (χ1n) is 10.4. The average Bonchev–Trinajstić information content (AvgIpc) is 2.73. The number of ether oxygens (including phenoxy) is 1. The van der Waals surface area contributed by atoms with E-state index in [1.807, 2.05) is 6.07 Å². The number of rotatable bonds is 6. The van der Waals surface area contributed by atoms with E-state index in [2.05, 4.69) is 16.3 Å². The Hall–Kier alpha value is -2.75. The molecule has 0 unspecified atom stereocenters. The highest BCUT2D eigenvalue weighted by Crippen LogP contribution is 2.29. The van der Waals surface area contributed by atoms with Crippen molar-refractivity contribution in [2.75, 3.05) is 18.0 Å². The molecule has 1 aromatic carbocycles. The van der Waals surface area contributed by atoms with Crippen LogP contribution in [0.1, 0.15) is 51.4 Å². The molecular weight excluding hydrogens is 368 g/mol. The Labute approximate surface area is 172 Å². The number of benzene rings is 1. The molecule has 29 heavy (non-hydrogen) atoms. The van der Waals surface area contributed by atoms with Gasteiger partial charge in [0.15, 0.2) is 0 Å². The molecule has 0 bridgehead atoms. The first-order chi connectivity index (χ1) is 14.0. The van der Waals surface area contributed by atoms with E-state index in [4.69, 9.17) is 10.5 Å². The first kappa shape index (κ1) is 21.0. The fraction of sp³-hybridized carbons (Fsp3) is 0.545. The van der Waals surface area contributed by atoms with Crippen LogP contribution in [0.25, 0.3) is 0 Å². The van der Waals surface area contributed by atoms with E-state index in [-0.39, 0.29) is 5.91 Å². The van der Waals surface area contributed by atoms with Gasteiger partial charge in [0.1, 0.15) is 11.3 Å². The molecule has 1 aliphatic heterocycles. The van der Waals surface area contributed by atoms with Gasteiger partial charge in [-0.25, -0.2) is 4.79 Å². The molecule has 0 spiro atoms. The number of primary amides is 1. The van der Waals surface area contributed by atoms with Crippen LogP contribution in [0.5, 0.6) is 5.75 Å². The minimum Gasteiger partial charge on any atom is -0.410 e. The number of hydrogen-bond acceptors (Lipinski definition) is 5. The molecule has 3 N–H and O–H groups in total. The number of nitrogens with zero attached hydrogens (tertiary/aromatic N) is 2. The van der Waals surface area contributed by atoms with Gasteiger partial charge in [-0.1, -0.05) is 38.2 Å². The predicted molar refractivity (Wildman–Crippen MR) is 110 cm³/mol. The summed E-state index contributed by atoms with van der Waals surface area (Å²) < 4.78 is 4.94. The zero-order chi connectivity index (χ0) is 20.7. The minimum absolute atomic E-state index is 0.137. The molecule has 2 fully saturated rings. The van der Waals surface area contributed by atoms with E-state index in [9.17, 15) is 14.9 Å². The quantitative estimate of drug-likeness (QED) is 0.766. The van der Waals surface area contributed by atoms with Crippen LogP contribution in [0.3, 0.4) is 0 Å².